The van der Waals surface area contributed by atoms with Crippen LogP contribution in [0, 0.1) is 11.3 Å². The molecule has 8 heteroatoms. The fraction of sp³-hybridized carbons (Fsp3) is 0.360. The summed E-state index contributed by atoms with van der Waals surface area (Å²) < 4.78 is 16.0. The Labute approximate surface area is 192 Å². The molecule has 0 aliphatic carbocycles. The van der Waals surface area contributed by atoms with Crippen LogP contribution in [0.3, 0.4) is 0 Å². The molecule has 0 radical (unpaired) electrons. The molecular weight excluding hydrogens is 420 g/mol. The van der Waals surface area contributed by atoms with E-state index in [1.807, 2.05) is 32.0 Å². The highest BCUT2D eigenvalue weighted by atomic mass is 16.5. The number of rotatable bonds is 7. The molecule has 2 aromatic carbocycles. The highest BCUT2D eigenvalue weighted by Gasteiger charge is 2.22. The largest absolute Gasteiger partial charge is 0.490 e. The van der Waals surface area contributed by atoms with Crippen molar-refractivity contribution in [3.05, 3.63) is 53.1 Å². The number of hydrogen-bond donors (Lipinski definition) is 0. The van der Waals surface area contributed by atoms with Crippen molar-refractivity contribution in [2.45, 2.75) is 39.3 Å². The molecule has 0 saturated heterocycles. The Morgan fingerprint density at radius 3 is 2.91 bits per heavy atom. The Kier molecular flexibility index (Phi) is 6.71. The highest BCUT2D eigenvalue weighted by molar-refractivity contribution is 5.69. The minimum absolute atomic E-state index is 0.0291. The van der Waals surface area contributed by atoms with Gasteiger partial charge in [0.05, 0.1) is 25.2 Å². The van der Waals surface area contributed by atoms with Gasteiger partial charge in [0.1, 0.15) is 11.8 Å². The summed E-state index contributed by atoms with van der Waals surface area (Å²) in [6, 6.07) is 13.5. The van der Waals surface area contributed by atoms with Gasteiger partial charge in [-0.25, -0.2) is 0 Å². The third-order valence-corrected chi connectivity index (χ3v) is 5.58. The summed E-state index contributed by atoms with van der Waals surface area (Å²) in [5.74, 6) is 1.21. The summed E-state index contributed by atoms with van der Waals surface area (Å²) in [5, 5.41) is 13.7. The molecule has 0 atom stereocenters. The zero-order valence-corrected chi connectivity index (χ0v) is 19.0. The zero-order chi connectivity index (χ0) is 23.4. The molecule has 0 bridgehead atoms. The van der Waals surface area contributed by atoms with E-state index < -0.39 is 0 Å². The van der Waals surface area contributed by atoms with Gasteiger partial charge in [-0.15, -0.1) is 0 Å². The lowest BCUT2D eigenvalue weighted by molar-refractivity contribution is -0.141. The molecule has 3 aromatic rings. The van der Waals surface area contributed by atoms with Gasteiger partial charge < -0.3 is 14.0 Å². The summed E-state index contributed by atoms with van der Waals surface area (Å²) >= 11 is 0. The Bertz CT molecular complexity index is 1200. The van der Waals surface area contributed by atoms with Crippen molar-refractivity contribution in [3.63, 3.8) is 0 Å². The van der Waals surface area contributed by atoms with Gasteiger partial charge in [-0.3, -0.25) is 9.69 Å². The van der Waals surface area contributed by atoms with Gasteiger partial charge in [0.25, 0.3) is 5.89 Å². The topological polar surface area (TPSA) is 101 Å². The van der Waals surface area contributed by atoms with E-state index in [1.54, 1.807) is 12.1 Å². The maximum absolute atomic E-state index is 11.5. The van der Waals surface area contributed by atoms with E-state index in [1.165, 1.54) is 18.2 Å². The van der Waals surface area contributed by atoms with Crippen molar-refractivity contribution in [2.75, 3.05) is 20.2 Å². The van der Waals surface area contributed by atoms with Crippen LogP contribution in [-0.4, -0.2) is 47.3 Å². The number of nitriles is 1. The fourth-order valence-electron chi connectivity index (χ4n) is 3.98. The number of carbonyl (C=O) groups excluding carboxylic acids is 1. The van der Waals surface area contributed by atoms with Gasteiger partial charge in [0, 0.05) is 30.8 Å². The number of carbonyl (C=O) groups is 1. The lowest BCUT2D eigenvalue weighted by Gasteiger charge is -2.29. The number of ether oxygens (including phenoxy) is 2. The van der Waals surface area contributed by atoms with Crippen LogP contribution >= 0.6 is 0 Å². The second-order valence-electron chi connectivity index (χ2n) is 8.21. The third-order valence-electron chi connectivity index (χ3n) is 5.58. The summed E-state index contributed by atoms with van der Waals surface area (Å²) in [6.07, 6.45) is 1.18. The minimum Gasteiger partial charge on any atom is -0.490 e. The first-order chi connectivity index (χ1) is 16.0. The quantitative estimate of drug-likeness (QED) is 0.502. The van der Waals surface area contributed by atoms with E-state index in [-0.39, 0.29) is 12.1 Å². The van der Waals surface area contributed by atoms with E-state index in [4.69, 9.17) is 14.0 Å². The average molecular weight is 447 g/mol. The predicted octanol–water partition coefficient (Wildman–Crippen LogP) is 3.98. The Morgan fingerprint density at radius 1 is 1.30 bits per heavy atom. The highest BCUT2D eigenvalue weighted by Crippen LogP contribution is 2.31. The molecule has 0 saturated carbocycles. The van der Waals surface area contributed by atoms with Gasteiger partial charge in [-0.2, -0.15) is 10.2 Å². The van der Waals surface area contributed by atoms with E-state index in [2.05, 4.69) is 27.2 Å². The van der Waals surface area contributed by atoms with Crippen LogP contribution in [0.1, 0.15) is 37.0 Å². The van der Waals surface area contributed by atoms with Gasteiger partial charge >= 0.3 is 5.97 Å². The van der Waals surface area contributed by atoms with Crippen LogP contribution < -0.4 is 4.74 Å². The second-order valence-corrected chi connectivity index (χ2v) is 8.21. The number of hydrogen-bond acceptors (Lipinski definition) is 8. The molecule has 33 heavy (non-hydrogen) atoms. The van der Waals surface area contributed by atoms with Gasteiger partial charge in [0.2, 0.25) is 5.82 Å². The number of aromatic nitrogens is 2. The SMILES string of the molecule is COC(=O)CCN1CCc2c(cccc2-c2noc(-c3ccc(OC(C)C)c(C#N)c3)n2)C1. The first-order valence-electron chi connectivity index (χ1n) is 10.9. The molecule has 0 N–H and O–H groups in total. The van der Waals surface area contributed by atoms with Crippen LogP contribution in [0.15, 0.2) is 40.9 Å². The van der Waals surface area contributed by atoms with Gasteiger partial charge in [-0.05, 0) is 49.6 Å². The standard InChI is InChI=1S/C25H26N4O4/c1-16(2)32-22-8-7-17(13-19(22)14-26)25-27-24(28-33-25)21-6-4-5-18-15-29(11-9-20(18)21)12-10-23(30)31-3/h4-8,13,16H,9-12,15H2,1-3H3. The van der Waals surface area contributed by atoms with Crippen LogP contribution in [0.2, 0.25) is 0 Å². The molecule has 0 unspecified atom stereocenters. The Balaban J connectivity index is 1.56. The van der Waals surface area contributed by atoms with Crippen LogP contribution in [-0.2, 0) is 22.5 Å². The monoisotopic (exact) mass is 446 g/mol. The zero-order valence-electron chi connectivity index (χ0n) is 19.0. The molecule has 0 fully saturated rings. The van der Waals surface area contributed by atoms with Crippen molar-refractivity contribution in [1.82, 2.24) is 15.0 Å². The summed E-state index contributed by atoms with van der Waals surface area (Å²) in [5.41, 5.74) is 4.41. The molecule has 1 aliphatic rings. The summed E-state index contributed by atoms with van der Waals surface area (Å²) in [6.45, 7) is 6.10. The van der Waals surface area contributed by atoms with Crippen LogP contribution in [0.4, 0.5) is 0 Å². The molecule has 1 aromatic heterocycles. The molecule has 0 amide bonds. The van der Waals surface area contributed by atoms with E-state index in [0.29, 0.717) is 41.6 Å². The number of fused-ring (bicyclic) bond motifs is 1. The maximum Gasteiger partial charge on any atom is 0.306 e. The van der Waals surface area contributed by atoms with Crippen molar-refractivity contribution < 1.29 is 18.8 Å². The molecular formula is C25H26N4O4. The molecule has 0 spiro atoms. The lowest BCUT2D eigenvalue weighted by atomic mass is 9.94. The number of esters is 1. The minimum atomic E-state index is -0.197. The fourth-order valence-corrected chi connectivity index (χ4v) is 3.98. The van der Waals surface area contributed by atoms with Crippen molar-refractivity contribution >= 4 is 5.97 Å². The van der Waals surface area contributed by atoms with E-state index in [0.717, 1.165) is 25.1 Å². The molecule has 1 aliphatic heterocycles. The van der Waals surface area contributed by atoms with Crippen molar-refractivity contribution in [2.24, 2.45) is 0 Å². The summed E-state index contributed by atoms with van der Waals surface area (Å²) in [4.78, 5) is 18.3. The predicted molar refractivity (Wildman–Crippen MR) is 121 cm³/mol. The number of methoxy groups -OCH3 is 1. The van der Waals surface area contributed by atoms with Crippen molar-refractivity contribution in [3.8, 4) is 34.7 Å². The Morgan fingerprint density at radius 2 is 2.15 bits per heavy atom. The number of nitrogens with zero attached hydrogens (tertiary/aromatic N) is 4. The van der Waals surface area contributed by atoms with Crippen LogP contribution in [0.5, 0.6) is 5.75 Å². The molecule has 4 rings (SSSR count). The Hall–Kier alpha value is -3.70. The van der Waals surface area contributed by atoms with E-state index in [9.17, 15) is 10.1 Å². The third kappa shape index (κ3) is 5.04. The maximum atomic E-state index is 11.5. The number of benzene rings is 2. The smallest absolute Gasteiger partial charge is 0.306 e. The average Bonchev–Trinajstić information content (AvgIpc) is 3.32. The van der Waals surface area contributed by atoms with E-state index >= 15 is 0 Å². The normalized spacial score (nSPS) is 13.4. The lowest BCUT2D eigenvalue weighted by Crippen LogP contribution is -2.32. The molecule has 8 nitrogen and oxygen atoms in total. The van der Waals surface area contributed by atoms with Crippen molar-refractivity contribution in [1.29, 1.82) is 5.26 Å². The van der Waals surface area contributed by atoms with Gasteiger partial charge in [-0.1, -0.05) is 23.4 Å². The molecule has 2 heterocycles. The summed E-state index contributed by atoms with van der Waals surface area (Å²) in [7, 11) is 1.41. The van der Waals surface area contributed by atoms with Crippen LogP contribution in [0.25, 0.3) is 22.8 Å². The first-order valence-corrected chi connectivity index (χ1v) is 10.9. The molecule has 170 valence electrons. The van der Waals surface area contributed by atoms with Gasteiger partial charge in [0.15, 0.2) is 0 Å². The first kappa shape index (κ1) is 22.5. The second kappa shape index (κ2) is 9.84.